The van der Waals surface area contributed by atoms with Crippen molar-refractivity contribution in [2.24, 2.45) is 5.92 Å². The van der Waals surface area contributed by atoms with Gasteiger partial charge >= 0.3 is 5.69 Å². The Kier molecular flexibility index (Phi) is 4.42. The van der Waals surface area contributed by atoms with Crippen LogP contribution >= 0.6 is 0 Å². The summed E-state index contributed by atoms with van der Waals surface area (Å²) in [5, 5.41) is 20.4. The summed E-state index contributed by atoms with van der Waals surface area (Å²) in [6.07, 6.45) is 0.800. The molecule has 0 radical (unpaired) electrons. The number of likely N-dealkylation sites (tertiary alicyclic amines) is 1. The maximum atomic E-state index is 12.6. The first-order valence-corrected chi connectivity index (χ1v) is 6.74. The van der Waals surface area contributed by atoms with Crippen LogP contribution in [0, 0.1) is 16.0 Å². The molecule has 0 bridgehead atoms. The highest BCUT2D eigenvalue weighted by Crippen LogP contribution is 2.33. The molecule has 0 spiro atoms. The van der Waals surface area contributed by atoms with E-state index in [0.29, 0.717) is 6.54 Å². The largest absolute Gasteiger partial charge is 0.490 e. The zero-order valence-corrected chi connectivity index (χ0v) is 12.0. The number of aliphatic hydroxyl groups is 1. The van der Waals surface area contributed by atoms with Crippen molar-refractivity contribution in [2.45, 2.75) is 19.4 Å². The zero-order chi connectivity index (χ0) is 15.6. The third-order valence-corrected chi connectivity index (χ3v) is 3.96. The van der Waals surface area contributed by atoms with Gasteiger partial charge in [0.2, 0.25) is 5.75 Å². The summed E-state index contributed by atoms with van der Waals surface area (Å²) in [4.78, 5) is 24.6. The third kappa shape index (κ3) is 2.69. The van der Waals surface area contributed by atoms with E-state index in [0.717, 1.165) is 6.42 Å². The number of carbonyl (C=O) groups is 1. The van der Waals surface area contributed by atoms with Gasteiger partial charge in [-0.1, -0.05) is 13.0 Å². The number of nitro groups is 1. The van der Waals surface area contributed by atoms with Crippen LogP contribution in [-0.4, -0.2) is 47.1 Å². The van der Waals surface area contributed by atoms with E-state index in [2.05, 4.69) is 0 Å². The van der Waals surface area contributed by atoms with Gasteiger partial charge in [-0.15, -0.1) is 0 Å². The minimum Gasteiger partial charge on any atom is -0.490 e. The molecule has 0 aromatic heterocycles. The number of nitrogens with zero attached hydrogens (tertiary/aromatic N) is 2. The van der Waals surface area contributed by atoms with Gasteiger partial charge in [0, 0.05) is 12.6 Å². The molecule has 1 aromatic rings. The lowest BCUT2D eigenvalue weighted by molar-refractivity contribution is -0.385. The Morgan fingerprint density at radius 3 is 2.86 bits per heavy atom. The number of rotatable bonds is 4. The van der Waals surface area contributed by atoms with Crippen LogP contribution in [-0.2, 0) is 0 Å². The fourth-order valence-corrected chi connectivity index (χ4v) is 2.75. The second kappa shape index (κ2) is 6.09. The number of methoxy groups -OCH3 is 1. The number of nitro benzene ring substituents is 1. The number of aliphatic hydroxyl groups excluding tert-OH is 1. The molecular weight excluding hydrogens is 276 g/mol. The Balaban J connectivity index is 2.40. The lowest BCUT2D eigenvalue weighted by Crippen LogP contribution is -2.40. The predicted molar refractivity (Wildman–Crippen MR) is 75.3 cm³/mol. The maximum Gasteiger partial charge on any atom is 0.311 e. The Bertz CT molecular complexity index is 560. The van der Waals surface area contributed by atoms with Crippen molar-refractivity contribution in [3.8, 4) is 5.75 Å². The SMILES string of the molecule is COc1c(C(=O)N2CCC(C)C2CO)cccc1[N+](=O)[O-]. The lowest BCUT2D eigenvalue weighted by atomic mass is 10.0. The molecule has 1 fully saturated rings. The van der Waals surface area contributed by atoms with Crippen LogP contribution < -0.4 is 4.74 Å². The Morgan fingerprint density at radius 2 is 2.29 bits per heavy atom. The van der Waals surface area contributed by atoms with Crippen molar-refractivity contribution in [3.63, 3.8) is 0 Å². The smallest absolute Gasteiger partial charge is 0.311 e. The van der Waals surface area contributed by atoms with E-state index in [1.807, 2.05) is 6.92 Å². The standard InChI is InChI=1S/C14H18N2O5/c1-9-6-7-15(12(9)8-17)14(18)10-4-3-5-11(16(19)20)13(10)21-2/h3-5,9,12,17H,6-8H2,1-2H3. The molecule has 1 aliphatic heterocycles. The summed E-state index contributed by atoms with van der Waals surface area (Å²) in [6.45, 7) is 2.38. The maximum absolute atomic E-state index is 12.6. The molecule has 1 aliphatic rings. The fourth-order valence-electron chi connectivity index (χ4n) is 2.75. The van der Waals surface area contributed by atoms with Crippen LogP contribution in [0.3, 0.4) is 0 Å². The quantitative estimate of drug-likeness (QED) is 0.670. The van der Waals surface area contributed by atoms with Gasteiger partial charge in [-0.3, -0.25) is 14.9 Å². The topological polar surface area (TPSA) is 92.9 Å². The molecule has 7 heteroatoms. The van der Waals surface area contributed by atoms with E-state index in [4.69, 9.17) is 4.74 Å². The van der Waals surface area contributed by atoms with Gasteiger partial charge in [-0.2, -0.15) is 0 Å². The van der Waals surface area contributed by atoms with Crippen LogP contribution in [0.4, 0.5) is 5.69 Å². The Hall–Kier alpha value is -2.15. The van der Waals surface area contributed by atoms with Gasteiger partial charge in [0.25, 0.3) is 5.91 Å². The Labute approximate surface area is 122 Å². The van der Waals surface area contributed by atoms with E-state index in [1.54, 1.807) is 4.90 Å². The van der Waals surface area contributed by atoms with Crippen molar-refractivity contribution < 1.29 is 19.6 Å². The number of hydrogen-bond acceptors (Lipinski definition) is 5. The molecule has 1 aromatic carbocycles. The summed E-state index contributed by atoms with van der Waals surface area (Å²) in [5.41, 5.74) is -0.0876. The molecule has 21 heavy (non-hydrogen) atoms. The summed E-state index contributed by atoms with van der Waals surface area (Å²) in [6, 6.07) is 4.00. The third-order valence-electron chi connectivity index (χ3n) is 3.96. The van der Waals surface area contributed by atoms with E-state index in [1.165, 1.54) is 25.3 Å². The first-order chi connectivity index (χ1) is 10.0. The molecule has 7 nitrogen and oxygen atoms in total. The van der Waals surface area contributed by atoms with Crippen LogP contribution in [0.15, 0.2) is 18.2 Å². The molecule has 1 heterocycles. The van der Waals surface area contributed by atoms with E-state index >= 15 is 0 Å². The summed E-state index contributed by atoms with van der Waals surface area (Å²) >= 11 is 0. The average Bonchev–Trinajstić information content (AvgIpc) is 2.86. The van der Waals surface area contributed by atoms with Crippen LogP contribution in [0.1, 0.15) is 23.7 Å². The second-order valence-corrected chi connectivity index (χ2v) is 5.13. The number of carbonyl (C=O) groups excluding carboxylic acids is 1. The van der Waals surface area contributed by atoms with Crippen molar-refractivity contribution in [2.75, 3.05) is 20.3 Å². The van der Waals surface area contributed by atoms with Crippen LogP contribution in [0.5, 0.6) is 5.75 Å². The van der Waals surface area contributed by atoms with Crippen LogP contribution in [0.25, 0.3) is 0 Å². The molecule has 2 atom stereocenters. The van der Waals surface area contributed by atoms with E-state index in [-0.39, 0.29) is 41.5 Å². The molecule has 0 saturated carbocycles. The van der Waals surface area contributed by atoms with Crippen molar-refractivity contribution in [1.82, 2.24) is 4.90 Å². The zero-order valence-electron chi connectivity index (χ0n) is 12.0. The van der Waals surface area contributed by atoms with Gasteiger partial charge in [-0.05, 0) is 18.4 Å². The van der Waals surface area contributed by atoms with Crippen molar-refractivity contribution in [1.29, 1.82) is 0 Å². The normalized spacial score (nSPS) is 21.4. The molecule has 1 saturated heterocycles. The number of hydrogen-bond donors (Lipinski definition) is 1. The highest BCUT2D eigenvalue weighted by molar-refractivity contribution is 5.98. The van der Waals surface area contributed by atoms with Crippen LogP contribution in [0.2, 0.25) is 0 Å². The lowest BCUT2D eigenvalue weighted by Gasteiger charge is -2.25. The fraction of sp³-hybridized carbons (Fsp3) is 0.500. The van der Waals surface area contributed by atoms with Gasteiger partial charge in [0.05, 0.1) is 30.2 Å². The predicted octanol–water partition coefficient (Wildman–Crippen LogP) is 1.45. The van der Waals surface area contributed by atoms with E-state index < -0.39 is 4.92 Å². The van der Waals surface area contributed by atoms with Gasteiger partial charge in [-0.25, -0.2) is 0 Å². The number of benzene rings is 1. The highest BCUT2D eigenvalue weighted by atomic mass is 16.6. The summed E-state index contributed by atoms with van der Waals surface area (Å²) in [5.74, 6) is -0.189. The number of ether oxygens (including phenoxy) is 1. The van der Waals surface area contributed by atoms with Crippen molar-refractivity contribution in [3.05, 3.63) is 33.9 Å². The summed E-state index contributed by atoms with van der Waals surface area (Å²) in [7, 11) is 1.30. The number of amides is 1. The Morgan fingerprint density at radius 1 is 1.57 bits per heavy atom. The minimum absolute atomic E-state index is 0.0382. The molecule has 2 unspecified atom stereocenters. The van der Waals surface area contributed by atoms with Gasteiger partial charge in [0.1, 0.15) is 0 Å². The van der Waals surface area contributed by atoms with Gasteiger partial charge in [0.15, 0.2) is 0 Å². The molecule has 114 valence electrons. The molecule has 0 aliphatic carbocycles. The molecule has 2 rings (SSSR count). The summed E-state index contributed by atoms with van der Waals surface area (Å²) < 4.78 is 5.06. The van der Waals surface area contributed by atoms with E-state index in [9.17, 15) is 20.0 Å². The number of para-hydroxylation sites is 1. The van der Waals surface area contributed by atoms with Crippen molar-refractivity contribution >= 4 is 11.6 Å². The average molecular weight is 294 g/mol. The first-order valence-electron chi connectivity index (χ1n) is 6.74. The molecule has 1 amide bonds. The monoisotopic (exact) mass is 294 g/mol. The molecule has 1 N–H and O–H groups in total. The minimum atomic E-state index is -0.578. The first kappa shape index (κ1) is 15.2. The van der Waals surface area contributed by atoms with Gasteiger partial charge < -0.3 is 14.7 Å². The highest BCUT2D eigenvalue weighted by Gasteiger charge is 2.36. The molecular formula is C14H18N2O5. The second-order valence-electron chi connectivity index (χ2n) is 5.13.